The predicted octanol–water partition coefficient (Wildman–Crippen LogP) is 2.32. The van der Waals surface area contributed by atoms with E-state index in [1.807, 2.05) is 0 Å². The number of carbonyl (C=O) groups is 1. The maximum absolute atomic E-state index is 12.5. The Morgan fingerprint density at radius 2 is 2.05 bits per heavy atom. The molecule has 3 nitrogen and oxygen atoms in total. The molecule has 2 N–H and O–H groups in total. The van der Waals surface area contributed by atoms with Crippen LogP contribution in [0.1, 0.15) is 52.9 Å². The molecule has 2 aliphatic carbocycles. The van der Waals surface area contributed by atoms with E-state index in [1.54, 1.807) is 0 Å². The van der Waals surface area contributed by atoms with E-state index in [0.717, 1.165) is 31.8 Å². The third-order valence-corrected chi connectivity index (χ3v) is 6.22. The molecule has 2 saturated carbocycles. The summed E-state index contributed by atoms with van der Waals surface area (Å²) in [4.78, 5) is 12.5. The molecule has 3 aliphatic rings. The Morgan fingerprint density at radius 3 is 2.63 bits per heavy atom. The van der Waals surface area contributed by atoms with Gasteiger partial charge < -0.3 is 10.6 Å². The third-order valence-electron chi connectivity index (χ3n) is 6.22. The van der Waals surface area contributed by atoms with Crippen LogP contribution in [0.2, 0.25) is 0 Å². The Bertz CT molecular complexity index is 368. The molecule has 0 aromatic rings. The van der Waals surface area contributed by atoms with Gasteiger partial charge in [-0.2, -0.15) is 0 Å². The van der Waals surface area contributed by atoms with Crippen LogP contribution in [0.25, 0.3) is 0 Å². The topological polar surface area (TPSA) is 41.1 Å². The smallest absolute Gasteiger partial charge is 0.224 e. The summed E-state index contributed by atoms with van der Waals surface area (Å²) >= 11 is 0. The number of amides is 1. The molecule has 1 heterocycles. The molecule has 0 radical (unpaired) electrons. The summed E-state index contributed by atoms with van der Waals surface area (Å²) in [6.45, 7) is 9.02. The van der Waals surface area contributed by atoms with Gasteiger partial charge in [0, 0.05) is 12.6 Å². The summed E-state index contributed by atoms with van der Waals surface area (Å²) in [7, 11) is 0. The van der Waals surface area contributed by atoms with Crippen LogP contribution < -0.4 is 10.6 Å². The van der Waals surface area contributed by atoms with Crippen molar-refractivity contribution in [2.24, 2.45) is 22.7 Å². The number of piperidine rings is 1. The van der Waals surface area contributed by atoms with Crippen molar-refractivity contribution in [1.29, 1.82) is 0 Å². The highest BCUT2D eigenvalue weighted by Gasteiger charge is 2.59. The first-order valence-corrected chi connectivity index (χ1v) is 7.94. The van der Waals surface area contributed by atoms with Crippen LogP contribution in [0, 0.1) is 22.7 Å². The minimum absolute atomic E-state index is 0.187. The zero-order valence-electron chi connectivity index (χ0n) is 12.6. The largest absolute Gasteiger partial charge is 0.352 e. The summed E-state index contributed by atoms with van der Waals surface area (Å²) in [5, 5.41) is 6.78. The van der Waals surface area contributed by atoms with Crippen molar-refractivity contribution >= 4 is 5.91 Å². The first-order chi connectivity index (χ1) is 8.93. The van der Waals surface area contributed by atoms with Crippen LogP contribution in [0.15, 0.2) is 0 Å². The van der Waals surface area contributed by atoms with Gasteiger partial charge in [0.15, 0.2) is 0 Å². The summed E-state index contributed by atoms with van der Waals surface area (Å²) < 4.78 is 0. The molecule has 19 heavy (non-hydrogen) atoms. The highest BCUT2D eigenvalue weighted by molar-refractivity contribution is 5.79. The van der Waals surface area contributed by atoms with Gasteiger partial charge in [-0.1, -0.05) is 20.8 Å². The van der Waals surface area contributed by atoms with Crippen LogP contribution in [-0.4, -0.2) is 25.0 Å². The standard InChI is InChI=1S/C16H28N2O/c1-15(2)12-6-7-16(3,9-12)14(15)18-13(19)11-5-4-8-17-10-11/h11-12,14,17H,4-10H2,1-3H3,(H,18,19)/t11-,12?,14?,16?/m1/s1. The zero-order valence-corrected chi connectivity index (χ0v) is 12.6. The molecule has 4 atom stereocenters. The lowest BCUT2D eigenvalue weighted by Gasteiger charge is -2.43. The van der Waals surface area contributed by atoms with Gasteiger partial charge in [-0.15, -0.1) is 0 Å². The van der Waals surface area contributed by atoms with Crippen molar-refractivity contribution in [3.8, 4) is 0 Å². The van der Waals surface area contributed by atoms with Gasteiger partial charge in [0.05, 0.1) is 5.92 Å². The molecule has 0 aromatic heterocycles. The van der Waals surface area contributed by atoms with E-state index in [1.165, 1.54) is 19.3 Å². The Morgan fingerprint density at radius 1 is 1.26 bits per heavy atom. The van der Waals surface area contributed by atoms with Gasteiger partial charge in [-0.25, -0.2) is 0 Å². The van der Waals surface area contributed by atoms with Gasteiger partial charge in [0.2, 0.25) is 5.91 Å². The Kier molecular flexibility index (Phi) is 3.16. The lowest BCUT2D eigenvalue weighted by Crippen LogP contribution is -2.55. The molecule has 3 heteroatoms. The fraction of sp³-hybridized carbons (Fsp3) is 0.938. The van der Waals surface area contributed by atoms with Crippen molar-refractivity contribution < 1.29 is 4.79 Å². The number of rotatable bonds is 2. The molecule has 3 unspecified atom stereocenters. The number of fused-ring (bicyclic) bond motifs is 2. The van der Waals surface area contributed by atoms with E-state index in [-0.39, 0.29) is 11.3 Å². The van der Waals surface area contributed by atoms with Gasteiger partial charge in [0.1, 0.15) is 0 Å². The summed E-state index contributed by atoms with van der Waals surface area (Å²) in [5.41, 5.74) is 0.608. The molecule has 1 amide bonds. The van der Waals surface area contributed by atoms with Crippen molar-refractivity contribution in [3.63, 3.8) is 0 Å². The molecule has 108 valence electrons. The highest BCUT2D eigenvalue weighted by atomic mass is 16.2. The van der Waals surface area contributed by atoms with Crippen LogP contribution in [-0.2, 0) is 4.79 Å². The van der Waals surface area contributed by atoms with Gasteiger partial charge in [-0.3, -0.25) is 4.79 Å². The van der Waals surface area contributed by atoms with E-state index in [9.17, 15) is 4.79 Å². The second-order valence-electron chi connectivity index (χ2n) is 7.90. The predicted molar refractivity (Wildman–Crippen MR) is 76.8 cm³/mol. The monoisotopic (exact) mass is 264 g/mol. The summed E-state index contributed by atoms with van der Waals surface area (Å²) in [6, 6.07) is 0.369. The molecule has 3 rings (SSSR count). The van der Waals surface area contributed by atoms with E-state index >= 15 is 0 Å². The second-order valence-corrected chi connectivity index (χ2v) is 7.90. The van der Waals surface area contributed by atoms with Gasteiger partial charge in [0.25, 0.3) is 0 Å². The van der Waals surface area contributed by atoms with Crippen LogP contribution >= 0.6 is 0 Å². The van der Waals surface area contributed by atoms with Crippen molar-refractivity contribution in [2.75, 3.05) is 13.1 Å². The number of nitrogens with one attached hydrogen (secondary N) is 2. The molecular weight excluding hydrogens is 236 g/mol. The second kappa shape index (κ2) is 4.47. The minimum Gasteiger partial charge on any atom is -0.352 e. The zero-order chi connectivity index (χ0) is 13.7. The van der Waals surface area contributed by atoms with Gasteiger partial charge >= 0.3 is 0 Å². The highest BCUT2D eigenvalue weighted by Crippen LogP contribution is 2.62. The van der Waals surface area contributed by atoms with Crippen LogP contribution in [0.5, 0.6) is 0 Å². The average molecular weight is 264 g/mol. The van der Waals surface area contributed by atoms with Crippen molar-refractivity contribution in [2.45, 2.75) is 58.9 Å². The average Bonchev–Trinajstić information content (AvgIpc) is 2.87. The third kappa shape index (κ3) is 2.10. The van der Waals surface area contributed by atoms with Crippen molar-refractivity contribution in [1.82, 2.24) is 10.6 Å². The van der Waals surface area contributed by atoms with Gasteiger partial charge in [-0.05, 0) is 55.4 Å². The molecular formula is C16H28N2O. The lowest BCUT2D eigenvalue weighted by atomic mass is 9.68. The Labute approximate surface area is 116 Å². The normalized spacial score (nSPS) is 44.3. The van der Waals surface area contributed by atoms with Crippen LogP contribution in [0.3, 0.4) is 0 Å². The van der Waals surface area contributed by atoms with E-state index in [4.69, 9.17) is 0 Å². The molecule has 2 bridgehead atoms. The fourth-order valence-corrected chi connectivity index (χ4v) is 5.00. The Balaban J connectivity index is 1.70. The fourth-order valence-electron chi connectivity index (χ4n) is 5.00. The minimum atomic E-state index is 0.187. The molecule has 3 fully saturated rings. The number of hydrogen-bond acceptors (Lipinski definition) is 2. The lowest BCUT2D eigenvalue weighted by molar-refractivity contribution is -0.128. The van der Waals surface area contributed by atoms with E-state index in [2.05, 4.69) is 31.4 Å². The number of carbonyl (C=O) groups excluding carboxylic acids is 1. The van der Waals surface area contributed by atoms with E-state index < -0.39 is 0 Å². The molecule has 0 aromatic carbocycles. The summed E-state index contributed by atoms with van der Waals surface area (Å²) in [5.74, 6) is 1.28. The van der Waals surface area contributed by atoms with Crippen LogP contribution in [0.4, 0.5) is 0 Å². The maximum atomic E-state index is 12.5. The quantitative estimate of drug-likeness (QED) is 0.803. The summed E-state index contributed by atoms with van der Waals surface area (Å²) in [6.07, 6.45) is 6.11. The van der Waals surface area contributed by atoms with Crippen molar-refractivity contribution in [3.05, 3.63) is 0 Å². The maximum Gasteiger partial charge on any atom is 0.224 e. The Hall–Kier alpha value is -0.570. The molecule has 0 spiro atoms. The first-order valence-electron chi connectivity index (χ1n) is 7.94. The molecule has 1 aliphatic heterocycles. The first kappa shape index (κ1) is 13.4. The number of hydrogen-bond donors (Lipinski definition) is 2. The molecule has 1 saturated heterocycles. The van der Waals surface area contributed by atoms with E-state index in [0.29, 0.717) is 17.4 Å². The SMILES string of the molecule is CC12CCC(C1)C(C)(C)C2NC(=O)[C@@H]1CCCNC1.